The molecule has 124 valence electrons. The summed E-state index contributed by atoms with van der Waals surface area (Å²) in [6.07, 6.45) is 0. The van der Waals surface area contributed by atoms with Crippen LogP contribution < -0.4 is 4.43 Å². The topological polar surface area (TPSA) is 55.8 Å². The Labute approximate surface area is 135 Å². The highest BCUT2D eigenvalue weighted by Gasteiger charge is 2.46. The first kappa shape index (κ1) is 19.3. The van der Waals surface area contributed by atoms with Crippen LogP contribution in [0.4, 0.5) is 0 Å². The Hall–Kier alpha value is -0.743. The lowest BCUT2D eigenvalue weighted by atomic mass is 10.2. The van der Waals surface area contributed by atoms with Gasteiger partial charge < -0.3 is 4.43 Å². The number of benzene rings is 1. The fourth-order valence-corrected chi connectivity index (χ4v) is 8.85. The monoisotopic (exact) mass is 343 g/mol. The largest absolute Gasteiger partial charge is 0.695 e. The Balaban J connectivity index is 2.93. The summed E-state index contributed by atoms with van der Waals surface area (Å²) in [5.74, 6) is 0.875. The van der Waals surface area contributed by atoms with Crippen LogP contribution in [-0.4, -0.2) is 13.2 Å². The van der Waals surface area contributed by atoms with Crippen LogP contribution in [0.25, 0.3) is 0 Å². The molecule has 0 heterocycles. The molecule has 0 fully saturated rings. The predicted octanol–water partition coefficient (Wildman–Crippen LogP) is 5.41. The van der Waals surface area contributed by atoms with E-state index >= 15 is 0 Å². The highest BCUT2D eigenvalue weighted by molar-refractivity contribution is 7.32. The maximum atomic E-state index is 10.6. The summed E-state index contributed by atoms with van der Waals surface area (Å²) in [5, 5.41) is 0. The first-order valence-electron chi connectivity index (χ1n) is 7.77. The maximum Gasteiger partial charge on any atom is 0.695 e. The highest BCUT2D eigenvalue weighted by atomic mass is 31.1. The van der Waals surface area contributed by atoms with Gasteiger partial charge in [-0.25, -0.2) is 0 Å². The Kier molecular flexibility index (Phi) is 7.20. The molecule has 6 heteroatoms. The van der Waals surface area contributed by atoms with Gasteiger partial charge in [-0.15, -0.1) is 9.42 Å². The van der Waals surface area contributed by atoms with E-state index in [-0.39, 0.29) is 6.61 Å². The van der Waals surface area contributed by atoms with Crippen LogP contribution in [0.2, 0.25) is 16.6 Å². The molecule has 1 aromatic carbocycles. The molecule has 0 spiro atoms. The van der Waals surface area contributed by atoms with Crippen molar-refractivity contribution in [3.63, 3.8) is 0 Å². The maximum absolute atomic E-state index is 10.6. The van der Waals surface area contributed by atoms with Gasteiger partial charge >= 0.3 is 8.25 Å². The van der Waals surface area contributed by atoms with E-state index in [4.69, 9.17) is 13.8 Å². The molecule has 0 radical (unpaired) electrons. The Bertz CT molecular complexity index is 464. The molecule has 0 bridgehead atoms. The van der Waals surface area contributed by atoms with Gasteiger partial charge in [0.2, 0.25) is 0 Å². The molecule has 1 unspecified atom stereocenters. The average molecular weight is 343 g/mol. The van der Waals surface area contributed by atoms with Crippen LogP contribution in [0.5, 0.6) is 5.75 Å². The normalized spacial score (nSPS) is 13.1. The molecule has 0 aliphatic carbocycles. The van der Waals surface area contributed by atoms with Crippen molar-refractivity contribution >= 4 is 16.6 Å². The second-order valence-corrected chi connectivity index (χ2v) is 12.7. The van der Waals surface area contributed by atoms with Gasteiger partial charge in [0.25, 0.3) is 8.32 Å². The molecule has 0 amide bonds. The van der Waals surface area contributed by atoms with Crippen LogP contribution in [0.3, 0.4) is 0 Å². The van der Waals surface area contributed by atoms with Crippen molar-refractivity contribution in [2.45, 2.75) is 64.8 Å². The van der Waals surface area contributed by atoms with Crippen molar-refractivity contribution in [1.82, 2.24) is 0 Å². The summed E-state index contributed by atoms with van der Waals surface area (Å²) < 4.78 is 21.8. The van der Waals surface area contributed by atoms with Crippen LogP contribution in [-0.2, 0) is 15.7 Å². The van der Waals surface area contributed by atoms with Crippen LogP contribution in [0.15, 0.2) is 24.3 Å². The standard InChI is InChI=1S/C16H27O4PSi/c1-12(2)22(13(3)4,14(5)6)20-16-9-7-15(8-10-16)11-19-21(17)18/h7-10,12-14H,11H2,1-6H3/p+1. The minimum absolute atomic E-state index is 0.132. The van der Waals surface area contributed by atoms with Crippen molar-refractivity contribution in [2.75, 3.05) is 0 Å². The highest BCUT2D eigenvalue weighted by Crippen LogP contribution is 2.42. The van der Waals surface area contributed by atoms with Crippen molar-refractivity contribution in [3.05, 3.63) is 29.8 Å². The van der Waals surface area contributed by atoms with E-state index in [1.54, 1.807) is 0 Å². The molecular weight excluding hydrogens is 315 g/mol. The molecule has 0 aromatic heterocycles. The molecular formula is C16H28O4PSi+. The van der Waals surface area contributed by atoms with Crippen LogP contribution in [0.1, 0.15) is 47.1 Å². The minimum atomic E-state index is -2.55. The predicted molar refractivity (Wildman–Crippen MR) is 92.7 cm³/mol. The molecule has 22 heavy (non-hydrogen) atoms. The first-order valence-corrected chi connectivity index (χ1v) is 11.0. The third-order valence-electron chi connectivity index (χ3n) is 4.27. The third-order valence-corrected chi connectivity index (χ3v) is 10.6. The number of hydrogen-bond donors (Lipinski definition) is 1. The summed E-state index contributed by atoms with van der Waals surface area (Å²) in [5.41, 5.74) is 2.42. The van der Waals surface area contributed by atoms with Gasteiger partial charge in [-0.05, 0) is 34.3 Å². The summed E-state index contributed by atoms with van der Waals surface area (Å²) in [6, 6.07) is 7.62. The van der Waals surface area contributed by atoms with E-state index in [0.717, 1.165) is 11.3 Å². The molecule has 1 rings (SSSR count). The quantitative estimate of drug-likeness (QED) is 0.507. The SMILES string of the molecule is CC(C)[Si](Oc1ccc(CO[P+](=O)O)cc1)(C(C)C)C(C)C. The van der Waals surface area contributed by atoms with Crippen LogP contribution in [0, 0.1) is 0 Å². The molecule has 4 nitrogen and oxygen atoms in total. The second kappa shape index (κ2) is 8.21. The van der Waals surface area contributed by atoms with Gasteiger partial charge in [-0.3, -0.25) is 0 Å². The molecule has 0 aliphatic rings. The smallest absolute Gasteiger partial charge is 0.543 e. The third kappa shape index (κ3) is 4.62. The Morgan fingerprint density at radius 2 is 1.45 bits per heavy atom. The van der Waals surface area contributed by atoms with Gasteiger partial charge in [0.05, 0.1) is 0 Å². The Morgan fingerprint density at radius 1 is 1.00 bits per heavy atom. The van der Waals surface area contributed by atoms with E-state index in [0.29, 0.717) is 16.6 Å². The number of rotatable bonds is 8. The fourth-order valence-electron chi connectivity index (χ4n) is 3.34. The van der Waals surface area contributed by atoms with E-state index < -0.39 is 16.6 Å². The molecule has 1 aromatic rings. The van der Waals surface area contributed by atoms with Crippen molar-refractivity contribution in [1.29, 1.82) is 0 Å². The van der Waals surface area contributed by atoms with Crippen molar-refractivity contribution in [2.24, 2.45) is 0 Å². The van der Waals surface area contributed by atoms with Crippen molar-refractivity contribution < 1.29 is 18.4 Å². The van der Waals surface area contributed by atoms with E-state index in [1.165, 1.54) is 0 Å². The molecule has 0 saturated heterocycles. The summed E-state index contributed by atoms with van der Waals surface area (Å²) in [4.78, 5) is 8.67. The van der Waals surface area contributed by atoms with Crippen molar-refractivity contribution in [3.8, 4) is 5.75 Å². The minimum Gasteiger partial charge on any atom is -0.543 e. The molecule has 0 saturated carbocycles. The lowest BCUT2D eigenvalue weighted by Crippen LogP contribution is -2.50. The summed E-state index contributed by atoms with van der Waals surface area (Å²) >= 11 is 0. The zero-order valence-electron chi connectivity index (χ0n) is 14.4. The van der Waals surface area contributed by atoms with Gasteiger partial charge in [0, 0.05) is 4.57 Å². The Morgan fingerprint density at radius 3 is 1.82 bits per heavy atom. The zero-order chi connectivity index (χ0) is 16.9. The summed E-state index contributed by atoms with van der Waals surface area (Å²) in [7, 11) is -4.49. The second-order valence-electron chi connectivity index (χ2n) is 6.57. The lowest BCUT2D eigenvalue weighted by Gasteiger charge is -2.42. The molecule has 0 aliphatic heterocycles. The fraction of sp³-hybridized carbons (Fsp3) is 0.625. The van der Waals surface area contributed by atoms with Gasteiger partial charge in [-0.2, -0.15) is 0 Å². The lowest BCUT2D eigenvalue weighted by molar-refractivity contribution is 0.272. The molecule has 1 N–H and O–H groups in total. The van der Waals surface area contributed by atoms with Crippen LogP contribution >= 0.6 is 8.25 Å². The average Bonchev–Trinajstić information content (AvgIpc) is 2.42. The zero-order valence-corrected chi connectivity index (χ0v) is 16.3. The molecule has 1 atom stereocenters. The van der Waals surface area contributed by atoms with Gasteiger partial charge in [-0.1, -0.05) is 53.7 Å². The summed E-state index contributed by atoms with van der Waals surface area (Å²) in [6.45, 7) is 13.7. The van der Waals surface area contributed by atoms with E-state index in [9.17, 15) is 4.57 Å². The number of hydrogen-bond acceptors (Lipinski definition) is 3. The van der Waals surface area contributed by atoms with E-state index in [2.05, 4.69) is 41.5 Å². The van der Waals surface area contributed by atoms with E-state index in [1.807, 2.05) is 24.3 Å². The first-order chi connectivity index (χ1) is 10.2. The van der Waals surface area contributed by atoms with Gasteiger partial charge in [0.1, 0.15) is 12.4 Å². The van der Waals surface area contributed by atoms with Gasteiger partial charge in [0.15, 0.2) is 0 Å².